The van der Waals surface area contributed by atoms with E-state index in [1.807, 2.05) is 0 Å². The van der Waals surface area contributed by atoms with Gasteiger partial charge in [0.1, 0.15) is 50.1 Å². The molecular weight excluding hydrogens is 590 g/mol. The highest BCUT2D eigenvalue weighted by molar-refractivity contribution is 5.82. The summed E-state index contributed by atoms with van der Waals surface area (Å²) in [6, 6.07) is 6.03. The molecule has 2 N–H and O–H groups in total. The molecule has 2 rings (SSSR count). The molecule has 0 radical (unpaired) electrons. The number of carbonyl (C=O) groups is 2. The summed E-state index contributed by atoms with van der Waals surface area (Å²) in [4.78, 5) is 22.6. The average molecular weight is 621 g/mol. The number of halogens is 6. The fourth-order valence-electron chi connectivity index (χ4n) is 3.79. The van der Waals surface area contributed by atoms with E-state index in [9.17, 15) is 46.1 Å². The Labute approximate surface area is 243 Å². The number of aliphatic hydroxyl groups excluding tert-OH is 2. The summed E-state index contributed by atoms with van der Waals surface area (Å²) in [6.07, 6.45) is -9.25. The standard InChI is InChI=1S/C29H30F6O8/c1-3-5-25(38)42-17-21(36)15-40-23-11-7-19(8-12-23)27(28(30,31)32,29(33,34)35)20-9-13-24(14-10-20)41-16-22(37)18-43-26(39)6-4-2/h3-14,21-22,36-37H,15-18H2,1-2H3. The summed E-state index contributed by atoms with van der Waals surface area (Å²) in [6.45, 7) is 1.33. The quantitative estimate of drug-likeness (QED) is 0.176. The summed E-state index contributed by atoms with van der Waals surface area (Å²) in [7, 11) is 0. The van der Waals surface area contributed by atoms with Gasteiger partial charge in [-0.1, -0.05) is 36.4 Å². The molecule has 8 nitrogen and oxygen atoms in total. The molecule has 0 fully saturated rings. The normalized spacial score (nSPS) is 14.0. The summed E-state index contributed by atoms with van der Waals surface area (Å²) in [5.74, 6) is -1.72. The second kappa shape index (κ2) is 15.4. The number of carbonyl (C=O) groups excluding carboxylic acids is 2. The SMILES string of the molecule is CC=CC(=O)OCC(O)COc1ccc(C(c2ccc(OCC(O)COC(=O)C=CC)cc2)(C(F)(F)F)C(F)(F)F)cc1. The van der Waals surface area contributed by atoms with Crippen LogP contribution in [0.15, 0.2) is 72.8 Å². The Kier molecular flexibility index (Phi) is 12.6. The highest BCUT2D eigenvalue weighted by Crippen LogP contribution is 2.56. The smallest absolute Gasteiger partial charge is 0.411 e. The number of ether oxygens (including phenoxy) is 4. The lowest BCUT2D eigenvalue weighted by Gasteiger charge is -2.38. The molecule has 2 unspecified atom stereocenters. The topological polar surface area (TPSA) is 112 Å². The minimum absolute atomic E-state index is 0.139. The number of rotatable bonds is 14. The van der Waals surface area contributed by atoms with Crippen LogP contribution in [0.4, 0.5) is 26.3 Å². The van der Waals surface area contributed by atoms with Gasteiger partial charge in [0, 0.05) is 12.2 Å². The maximum Gasteiger partial charge on any atom is 0.411 e. The molecule has 0 aromatic heterocycles. The maximum atomic E-state index is 14.4. The molecule has 236 valence electrons. The fraction of sp³-hybridized carbons (Fsp3) is 0.379. The molecule has 0 saturated heterocycles. The Bertz CT molecular complexity index is 1140. The molecule has 43 heavy (non-hydrogen) atoms. The predicted octanol–water partition coefficient (Wildman–Crippen LogP) is 4.82. The van der Waals surface area contributed by atoms with Gasteiger partial charge < -0.3 is 29.2 Å². The number of hydrogen-bond donors (Lipinski definition) is 2. The van der Waals surface area contributed by atoms with Crippen LogP contribution in [-0.2, 0) is 24.5 Å². The van der Waals surface area contributed by atoms with Crippen molar-refractivity contribution < 1.29 is 65.1 Å². The molecule has 0 aliphatic rings. The van der Waals surface area contributed by atoms with Crippen LogP contribution in [0, 0.1) is 0 Å². The van der Waals surface area contributed by atoms with E-state index >= 15 is 0 Å². The number of esters is 2. The first-order valence-corrected chi connectivity index (χ1v) is 12.7. The van der Waals surface area contributed by atoms with Gasteiger partial charge in [-0.3, -0.25) is 0 Å². The van der Waals surface area contributed by atoms with Gasteiger partial charge in [-0.25, -0.2) is 9.59 Å². The molecule has 2 aromatic carbocycles. The molecule has 0 aliphatic carbocycles. The zero-order valence-corrected chi connectivity index (χ0v) is 23.0. The zero-order chi connectivity index (χ0) is 32.3. The van der Waals surface area contributed by atoms with Gasteiger partial charge >= 0.3 is 24.3 Å². The molecule has 0 amide bonds. The van der Waals surface area contributed by atoms with Gasteiger partial charge in [-0.15, -0.1) is 0 Å². The van der Waals surface area contributed by atoms with Gasteiger partial charge in [0.05, 0.1) is 0 Å². The number of allylic oxidation sites excluding steroid dienone is 2. The molecule has 0 heterocycles. The van der Waals surface area contributed by atoms with Crippen LogP contribution in [-0.4, -0.2) is 73.1 Å². The molecule has 0 saturated carbocycles. The van der Waals surface area contributed by atoms with Crippen molar-refractivity contribution in [3.8, 4) is 11.5 Å². The van der Waals surface area contributed by atoms with E-state index in [1.165, 1.54) is 12.2 Å². The number of hydrogen-bond acceptors (Lipinski definition) is 8. The third-order valence-corrected chi connectivity index (χ3v) is 5.75. The van der Waals surface area contributed by atoms with Crippen molar-refractivity contribution in [1.82, 2.24) is 0 Å². The van der Waals surface area contributed by atoms with E-state index < -0.39 is 79.5 Å². The van der Waals surface area contributed by atoms with Crippen LogP contribution in [0.25, 0.3) is 0 Å². The summed E-state index contributed by atoms with van der Waals surface area (Å²) >= 11 is 0. The van der Waals surface area contributed by atoms with Gasteiger partial charge in [0.15, 0.2) is 0 Å². The first kappa shape index (κ1) is 35.2. The molecule has 2 aromatic rings. The highest BCUT2D eigenvalue weighted by atomic mass is 19.4. The van der Waals surface area contributed by atoms with Crippen LogP contribution in [0.3, 0.4) is 0 Å². The van der Waals surface area contributed by atoms with Crippen molar-refractivity contribution in [2.24, 2.45) is 0 Å². The second-order valence-corrected chi connectivity index (χ2v) is 8.98. The third-order valence-electron chi connectivity index (χ3n) is 5.75. The summed E-state index contributed by atoms with van der Waals surface area (Å²) in [5.41, 5.74) is -6.72. The molecule has 0 bridgehead atoms. The van der Waals surface area contributed by atoms with Crippen LogP contribution in [0.2, 0.25) is 0 Å². The van der Waals surface area contributed by atoms with E-state index in [-0.39, 0.29) is 11.5 Å². The molecule has 2 atom stereocenters. The number of aliphatic hydroxyl groups is 2. The lowest BCUT2D eigenvalue weighted by molar-refractivity contribution is -0.288. The first-order valence-electron chi connectivity index (χ1n) is 12.7. The van der Waals surface area contributed by atoms with Crippen LogP contribution >= 0.6 is 0 Å². The van der Waals surface area contributed by atoms with Crippen LogP contribution in [0.1, 0.15) is 25.0 Å². The fourth-order valence-corrected chi connectivity index (χ4v) is 3.79. The Morgan fingerprint density at radius 1 is 0.651 bits per heavy atom. The minimum Gasteiger partial charge on any atom is -0.491 e. The Morgan fingerprint density at radius 3 is 1.26 bits per heavy atom. The van der Waals surface area contributed by atoms with E-state index in [0.29, 0.717) is 24.3 Å². The van der Waals surface area contributed by atoms with Gasteiger partial charge in [-0.05, 0) is 49.2 Å². The van der Waals surface area contributed by atoms with Gasteiger partial charge in [-0.2, -0.15) is 26.3 Å². The third kappa shape index (κ3) is 9.48. The lowest BCUT2D eigenvalue weighted by Crippen LogP contribution is -2.54. The maximum absolute atomic E-state index is 14.4. The highest BCUT2D eigenvalue weighted by Gasteiger charge is 2.72. The van der Waals surface area contributed by atoms with Crippen molar-refractivity contribution >= 4 is 11.9 Å². The molecular formula is C29H30F6O8. The zero-order valence-electron chi connectivity index (χ0n) is 23.0. The van der Waals surface area contributed by atoms with Gasteiger partial charge in [0.2, 0.25) is 5.41 Å². The summed E-state index contributed by atoms with van der Waals surface area (Å²) < 4.78 is 106. The second-order valence-electron chi connectivity index (χ2n) is 8.98. The van der Waals surface area contributed by atoms with E-state index in [2.05, 4.69) is 0 Å². The monoisotopic (exact) mass is 620 g/mol. The Hall–Kier alpha value is -4.04. The largest absolute Gasteiger partial charge is 0.491 e. The predicted molar refractivity (Wildman–Crippen MR) is 140 cm³/mol. The average Bonchev–Trinajstić information content (AvgIpc) is 2.93. The van der Waals surface area contributed by atoms with E-state index in [4.69, 9.17) is 18.9 Å². The van der Waals surface area contributed by atoms with Crippen molar-refractivity contribution in [2.75, 3.05) is 26.4 Å². The van der Waals surface area contributed by atoms with Crippen molar-refractivity contribution in [2.45, 2.75) is 43.8 Å². The Morgan fingerprint density at radius 2 is 0.977 bits per heavy atom. The Balaban J connectivity index is 2.23. The van der Waals surface area contributed by atoms with Crippen LogP contribution in [0.5, 0.6) is 11.5 Å². The van der Waals surface area contributed by atoms with Crippen LogP contribution < -0.4 is 9.47 Å². The molecule has 0 aliphatic heterocycles. The van der Waals surface area contributed by atoms with Gasteiger partial charge in [0.25, 0.3) is 0 Å². The summed E-state index contributed by atoms with van der Waals surface area (Å²) in [5, 5.41) is 19.7. The molecule has 0 spiro atoms. The number of benzene rings is 2. The first-order chi connectivity index (χ1) is 20.1. The van der Waals surface area contributed by atoms with Crippen molar-refractivity contribution in [3.05, 3.63) is 84.0 Å². The minimum atomic E-state index is -5.84. The van der Waals surface area contributed by atoms with Crippen molar-refractivity contribution in [3.63, 3.8) is 0 Å². The lowest BCUT2D eigenvalue weighted by atomic mass is 9.73. The van der Waals surface area contributed by atoms with E-state index in [1.54, 1.807) is 13.8 Å². The van der Waals surface area contributed by atoms with E-state index in [0.717, 1.165) is 36.4 Å². The number of alkyl halides is 6. The van der Waals surface area contributed by atoms with Crippen molar-refractivity contribution in [1.29, 1.82) is 0 Å². The molecule has 14 heteroatoms.